The predicted octanol–water partition coefficient (Wildman–Crippen LogP) is 2.29. The Hall–Kier alpha value is -1.63. The van der Waals surface area contributed by atoms with Gasteiger partial charge in [0.05, 0.1) is 17.8 Å². The van der Waals surface area contributed by atoms with Crippen LogP contribution >= 0.6 is 0 Å². The third-order valence-electron chi connectivity index (χ3n) is 4.77. The van der Waals surface area contributed by atoms with Gasteiger partial charge in [-0.25, -0.2) is 18.2 Å². The van der Waals surface area contributed by atoms with Crippen LogP contribution < -0.4 is 0 Å². The SMILES string of the molecule is Cc1nc(C(=O)N2CC(F)(F)C(O)C23CCCC3)ccc1F. The van der Waals surface area contributed by atoms with Crippen LogP contribution in [0.15, 0.2) is 12.1 Å². The molecule has 2 aliphatic rings. The molecule has 1 amide bonds. The molecule has 7 heteroatoms. The molecule has 1 aromatic heterocycles. The number of aliphatic hydroxyl groups excluding tert-OH is 1. The molecule has 1 aliphatic carbocycles. The summed E-state index contributed by atoms with van der Waals surface area (Å²) < 4.78 is 41.2. The Balaban J connectivity index is 1.98. The Morgan fingerprint density at radius 3 is 2.59 bits per heavy atom. The van der Waals surface area contributed by atoms with Crippen molar-refractivity contribution in [1.29, 1.82) is 0 Å². The van der Waals surface area contributed by atoms with Gasteiger partial charge in [0.2, 0.25) is 0 Å². The molecular formula is C15H17F3N2O2. The van der Waals surface area contributed by atoms with Crippen LogP contribution in [0.25, 0.3) is 0 Å². The average molecular weight is 314 g/mol. The monoisotopic (exact) mass is 314 g/mol. The highest BCUT2D eigenvalue weighted by molar-refractivity contribution is 5.93. The first-order chi connectivity index (χ1) is 10.3. The molecule has 22 heavy (non-hydrogen) atoms. The zero-order valence-corrected chi connectivity index (χ0v) is 12.2. The maximum Gasteiger partial charge on any atom is 0.292 e. The smallest absolute Gasteiger partial charge is 0.292 e. The summed E-state index contributed by atoms with van der Waals surface area (Å²) in [6.07, 6.45) is 0.193. The number of likely N-dealkylation sites (tertiary alicyclic amines) is 1. The molecule has 1 spiro atoms. The normalized spacial score (nSPS) is 25.9. The lowest BCUT2D eigenvalue weighted by molar-refractivity contribution is -0.0959. The molecule has 3 rings (SSSR count). The van der Waals surface area contributed by atoms with Crippen LogP contribution in [0, 0.1) is 12.7 Å². The van der Waals surface area contributed by atoms with Gasteiger partial charge in [0.25, 0.3) is 11.8 Å². The third-order valence-corrected chi connectivity index (χ3v) is 4.77. The number of carbonyl (C=O) groups is 1. The number of hydrogen-bond donors (Lipinski definition) is 1. The minimum atomic E-state index is -3.34. The molecule has 4 nitrogen and oxygen atoms in total. The first-order valence-corrected chi connectivity index (χ1v) is 7.29. The predicted molar refractivity (Wildman–Crippen MR) is 72.1 cm³/mol. The molecule has 1 atom stereocenters. The summed E-state index contributed by atoms with van der Waals surface area (Å²) in [5, 5.41) is 10.0. The fraction of sp³-hybridized carbons (Fsp3) is 0.600. The number of pyridine rings is 1. The van der Waals surface area contributed by atoms with Crippen LogP contribution in [-0.2, 0) is 0 Å². The zero-order valence-electron chi connectivity index (χ0n) is 12.2. The quantitative estimate of drug-likeness (QED) is 0.865. The number of carbonyl (C=O) groups excluding carboxylic acids is 1. The summed E-state index contributed by atoms with van der Waals surface area (Å²) in [4.78, 5) is 17.5. The topological polar surface area (TPSA) is 53.4 Å². The maximum absolute atomic E-state index is 14.0. The van der Waals surface area contributed by atoms with E-state index in [1.807, 2.05) is 0 Å². The summed E-state index contributed by atoms with van der Waals surface area (Å²) in [6.45, 7) is 0.579. The fourth-order valence-electron chi connectivity index (χ4n) is 3.60. The van der Waals surface area contributed by atoms with Crippen LogP contribution in [-0.4, -0.2) is 45.0 Å². The van der Waals surface area contributed by atoms with Crippen LogP contribution in [0.5, 0.6) is 0 Å². The van der Waals surface area contributed by atoms with Gasteiger partial charge >= 0.3 is 0 Å². The van der Waals surface area contributed by atoms with Crippen molar-refractivity contribution in [3.8, 4) is 0 Å². The van der Waals surface area contributed by atoms with Gasteiger partial charge in [-0.15, -0.1) is 0 Å². The minimum Gasteiger partial charge on any atom is -0.384 e. The standard InChI is InChI=1S/C15H17F3N2O2/c1-9-10(16)4-5-11(19-9)12(21)20-8-15(17,18)13(22)14(20)6-2-3-7-14/h4-5,13,22H,2-3,6-8H2,1H3. The number of halogens is 3. The molecule has 2 fully saturated rings. The fourth-order valence-corrected chi connectivity index (χ4v) is 3.60. The second-order valence-corrected chi connectivity index (χ2v) is 6.13. The molecule has 1 N–H and O–H groups in total. The third kappa shape index (κ3) is 2.10. The van der Waals surface area contributed by atoms with E-state index >= 15 is 0 Å². The maximum atomic E-state index is 14.0. The summed E-state index contributed by atoms with van der Waals surface area (Å²) in [5.41, 5.74) is -1.27. The number of rotatable bonds is 1. The number of alkyl halides is 2. The van der Waals surface area contributed by atoms with E-state index in [0.29, 0.717) is 25.7 Å². The lowest BCUT2D eigenvalue weighted by Gasteiger charge is -2.36. The van der Waals surface area contributed by atoms with Gasteiger partial charge in [-0.2, -0.15) is 0 Å². The van der Waals surface area contributed by atoms with E-state index in [4.69, 9.17) is 0 Å². The Bertz CT molecular complexity index is 615. The highest BCUT2D eigenvalue weighted by Gasteiger charge is 2.64. The molecule has 1 saturated carbocycles. The average Bonchev–Trinajstić information content (AvgIpc) is 3.02. The van der Waals surface area contributed by atoms with Crippen molar-refractivity contribution in [2.45, 2.75) is 50.2 Å². The molecule has 1 aromatic rings. The van der Waals surface area contributed by atoms with Crippen LogP contribution in [0.4, 0.5) is 13.2 Å². The van der Waals surface area contributed by atoms with Crippen molar-refractivity contribution in [1.82, 2.24) is 9.88 Å². The molecule has 120 valence electrons. The number of amides is 1. The molecule has 2 heterocycles. The highest BCUT2D eigenvalue weighted by Crippen LogP contribution is 2.49. The first-order valence-electron chi connectivity index (χ1n) is 7.29. The summed E-state index contributed by atoms with van der Waals surface area (Å²) in [6, 6.07) is 2.29. The highest BCUT2D eigenvalue weighted by atomic mass is 19.3. The van der Waals surface area contributed by atoms with E-state index in [-0.39, 0.29) is 11.4 Å². The van der Waals surface area contributed by atoms with Gasteiger partial charge in [0.1, 0.15) is 17.6 Å². The second kappa shape index (κ2) is 4.94. The molecule has 1 aliphatic heterocycles. The molecule has 0 radical (unpaired) electrons. The Morgan fingerprint density at radius 1 is 1.36 bits per heavy atom. The van der Waals surface area contributed by atoms with Crippen LogP contribution in [0.1, 0.15) is 41.9 Å². The van der Waals surface area contributed by atoms with E-state index in [2.05, 4.69) is 4.98 Å². The number of nitrogens with zero attached hydrogens (tertiary/aromatic N) is 2. The molecule has 1 saturated heterocycles. The zero-order chi connectivity index (χ0) is 16.1. The van der Waals surface area contributed by atoms with Gasteiger partial charge in [0, 0.05) is 0 Å². The number of aryl methyl sites for hydroxylation is 1. The lowest BCUT2D eigenvalue weighted by atomic mass is 9.90. The van der Waals surface area contributed by atoms with Crippen LogP contribution in [0.3, 0.4) is 0 Å². The molecule has 0 bridgehead atoms. The Labute approximate surface area is 126 Å². The largest absolute Gasteiger partial charge is 0.384 e. The van der Waals surface area contributed by atoms with Gasteiger partial charge in [-0.3, -0.25) is 4.79 Å². The van der Waals surface area contributed by atoms with Crippen molar-refractivity contribution in [2.24, 2.45) is 0 Å². The van der Waals surface area contributed by atoms with Crippen molar-refractivity contribution >= 4 is 5.91 Å². The number of aliphatic hydroxyl groups is 1. The van der Waals surface area contributed by atoms with E-state index in [0.717, 1.165) is 11.0 Å². The Morgan fingerprint density at radius 2 is 2.00 bits per heavy atom. The van der Waals surface area contributed by atoms with Gasteiger partial charge < -0.3 is 10.0 Å². The number of hydrogen-bond acceptors (Lipinski definition) is 3. The van der Waals surface area contributed by atoms with Crippen molar-refractivity contribution in [2.75, 3.05) is 6.54 Å². The van der Waals surface area contributed by atoms with Crippen molar-refractivity contribution in [3.63, 3.8) is 0 Å². The van der Waals surface area contributed by atoms with E-state index in [1.165, 1.54) is 13.0 Å². The molecule has 0 aromatic carbocycles. The summed E-state index contributed by atoms with van der Waals surface area (Å²) >= 11 is 0. The van der Waals surface area contributed by atoms with E-state index < -0.39 is 35.8 Å². The minimum absolute atomic E-state index is 0.0397. The lowest BCUT2D eigenvalue weighted by Crippen LogP contribution is -2.52. The summed E-state index contributed by atoms with van der Waals surface area (Å²) in [5.74, 6) is -4.57. The van der Waals surface area contributed by atoms with Gasteiger partial charge in [0.15, 0.2) is 0 Å². The first kappa shape index (κ1) is 15.3. The number of aromatic nitrogens is 1. The van der Waals surface area contributed by atoms with Crippen molar-refractivity contribution < 1.29 is 23.1 Å². The summed E-state index contributed by atoms with van der Waals surface area (Å²) in [7, 11) is 0. The van der Waals surface area contributed by atoms with E-state index in [1.54, 1.807) is 0 Å². The van der Waals surface area contributed by atoms with Crippen molar-refractivity contribution in [3.05, 3.63) is 29.3 Å². The van der Waals surface area contributed by atoms with Gasteiger partial charge in [-0.1, -0.05) is 12.8 Å². The van der Waals surface area contributed by atoms with Gasteiger partial charge in [-0.05, 0) is 31.9 Å². The van der Waals surface area contributed by atoms with E-state index in [9.17, 15) is 23.1 Å². The molecule has 1 unspecified atom stereocenters. The molecular weight excluding hydrogens is 297 g/mol. The Kier molecular flexibility index (Phi) is 3.43. The van der Waals surface area contributed by atoms with Crippen LogP contribution in [0.2, 0.25) is 0 Å². The second-order valence-electron chi connectivity index (χ2n) is 6.13.